The van der Waals surface area contributed by atoms with E-state index in [1.807, 2.05) is 0 Å². The van der Waals surface area contributed by atoms with E-state index in [2.05, 4.69) is 27.4 Å². The Morgan fingerprint density at radius 1 is 1.20 bits per heavy atom. The van der Waals surface area contributed by atoms with Gasteiger partial charge in [0.2, 0.25) is 5.13 Å². The number of carbonyl (C=O) groups excluding carboxylic acids is 1. The van der Waals surface area contributed by atoms with E-state index in [9.17, 15) is 9.18 Å². The second kappa shape index (κ2) is 8.26. The zero-order valence-corrected chi connectivity index (χ0v) is 15.3. The van der Waals surface area contributed by atoms with Gasteiger partial charge in [-0.3, -0.25) is 10.1 Å². The Bertz CT molecular complexity index is 862. The summed E-state index contributed by atoms with van der Waals surface area (Å²) in [6.45, 7) is 2.15. The standard InChI is InChI=1S/C17H17FN4OS2/c1-2-3-4-9-14-21-22-17(25-14)20-15(23)13-10-19-16(24-13)11-7-5-6-8-12(11)18/h5-8,10H,2-4,9H2,1H3,(H,20,22,23). The van der Waals surface area contributed by atoms with Crippen molar-refractivity contribution in [1.82, 2.24) is 15.2 Å². The molecule has 0 aliphatic carbocycles. The summed E-state index contributed by atoms with van der Waals surface area (Å²) in [5.74, 6) is -0.666. The van der Waals surface area contributed by atoms with E-state index >= 15 is 0 Å². The minimum atomic E-state index is -0.357. The lowest BCUT2D eigenvalue weighted by atomic mass is 10.2. The van der Waals surface area contributed by atoms with Gasteiger partial charge in [-0.15, -0.1) is 21.5 Å². The van der Waals surface area contributed by atoms with Gasteiger partial charge in [0.25, 0.3) is 5.91 Å². The summed E-state index contributed by atoms with van der Waals surface area (Å²) in [5.41, 5.74) is 0.390. The number of nitrogens with one attached hydrogen (secondary N) is 1. The van der Waals surface area contributed by atoms with Crippen LogP contribution in [0.1, 0.15) is 40.9 Å². The summed E-state index contributed by atoms with van der Waals surface area (Å²) in [6, 6.07) is 6.37. The number of rotatable bonds is 7. The summed E-state index contributed by atoms with van der Waals surface area (Å²) in [7, 11) is 0. The largest absolute Gasteiger partial charge is 0.296 e. The van der Waals surface area contributed by atoms with Crippen LogP contribution in [0.25, 0.3) is 10.6 Å². The maximum atomic E-state index is 13.8. The third-order valence-electron chi connectivity index (χ3n) is 3.52. The fourth-order valence-electron chi connectivity index (χ4n) is 2.23. The summed E-state index contributed by atoms with van der Waals surface area (Å²) in [5, 5.41) is 12.7. The number of benzene rings is 1. The molecule has 0 saturated heterocycles. The van der Waals surface area contributed by atoms with Gasteiger partial charge in [-0.25, -0.2) is 9.37 Å². The molecule has 1 amide bonds. The third kappa shape index (κ3) is 4.46. The van der Waals surface area contributed by atoms with Crippen LogP contribution in [-0.4, -0.2) is 21.1 Å². The number of unbranched alkanes of at least 4 members (excludes halogenated alkanes) is 2. The predicted octanol–water partition coefficient (Wildman–Crippen LogP) is 4.79. The van der Waals surface area contributed by atoms with Gasteiger partial charge < -0.3 is 0 Å². The molecule has 0 bridgehead atoms. The molecule has 3 rings (SSSR count). The molecule has 0 unspecified atom stereocenters. The molecular formula is C17H17FN4OS2. The van der Waals surface area contributed by atoms with Crippen LogP contribution in [0.5, 0.6) is 0 Å². The first kappa shape index (κ1) is 17.6. The second-order valence-electron chi connectivity index (χ2n) is 5.42. The summed E-state index contributed by atoms with van der Waals surface area (Å²) >= 11 is 2.53. The van der Waals surface area contributed by atoms with Gasteiger partial charge in [0.05, 0.1) is 6.20 Å². The van der Waals surface area contributed by atoms with Crippen molar-refractivity contribution in [2.75, 3.05) is 5.32 Å². The van der Waals surface area contributed by atoms with Crippen molar-refractivity contribution < 1.29 is 9.18 Å². The lowest BCUT2D eigenvalue weighted by Crippen LogP contribution is -2.09. The van der Waals surface area contributed by atoms with Gasteiger partial charge >= 0.3 is 0 Å². The van der Waals surface area contributed by atoms with Crippen LogP contribution >= 0.6 is 22.7 Å². The summed E-state index contributed by atoms with van der Waals surface area (Å²) in [6.07, 6.45) is 5.70. The van der Waals surface area contributed by atoms with Crippen LogP contribution < -0.4 is 5.32 Å². The molecule has 8 heteroatoms. The number of aromatic nitrogens is 3. The van der Waals surface area contributed by atoms with Crippen molar-refractivity contribution >= 4 is 33.7 Å². The normalized spacial score (nSPS) is 10.8. The van der Waals surface area contributed by atoms with E-state index in [4.69, 9.17) is 0 Å². The molecule has 0 aliphatic heterocycles. The van der Waals surface area contributed by atoms with Crippen LogP contribution in [0.2, 0.25) is 0 Å². The summed E-state index contributed by atoms with van der Waals surface area (Å²) in [4.78, 5) is 16.9. The third-order valence-corrected chi connectivity index (χ3v) is 5.44. The number of nitrogens with zero attached hydrogens (tertiary/aromatic N) is 3. The highest BCUT2D eigenvalue weighted by atomic mass is 32.1. The quantitative estimate of drug-likeness (QED) is 0.602. The number of amides is 1. The predicted molar refractivity (Wildman–Crippen MR) is 98.6 cm³/mol. The number of halogens is 1. The van der Waals surface area contributed by atoms with E-state index in [1.165, 1.54) is 23.6 Å². The molecule has 2 aromatic heterocycles. The fraction of sp³-hybridized carbons (Fsp3) is 0.294. The highest BCUT2D eigenvalue weighted by Gasteiger charge is 2.15. The van der Waals surface area contributed by atoms with E-state index in [0.717, 1.165) is 42.0 Å². The van der Waals surface area contributed by atoms with Crippen LogP contribution in [0.15, 0.2) is 30.5 Å². The van der Waals surface area contributed by atoms with E-state index < -0.39 is 0 Å². The van der Waals surface area contributed by atoms with Crippen molar-refractivity contribution in [3.05, 3.63) is 46.2 Å². The average Bonchev–Trinajstić information content (AvgIpc) is 3.25. The van der Waals surface area contributed by atoms with Crippen molar-refractivity contribution in [2.24, 2.45) is 0 Å². The zero-order valence-electron chi connectivity index (χ0n) is 13.7. The van der Waals surface area contributed by atoms with Gasteiger partial charge in [0, 0.05) is 12.0 Å². The first-order valence-corrected chi connectivity index (χ1v) is 9.65. The SMILES string of the molecule is CCCCCc1nnc(NC(=O)c2cnc(-c3ccccc3F)s2)s1. The van der Waals surface area contributed by atoms with Crippen LogP contribution in [0, 0.1) is 5.82 Å². The maximum absolute atomic E-state index is 13.8. The number of hydrogen-bond donors (Lipinski definition) is 1. The van der Waals surface area contributed by atoms with E-state index in [1.54, 1.807) is 18.2 Å². The second-order valence-corrected chi connectivity index (χ2v) is 7.51. The molecule has 2 heterocycles. The molecular weight excluding hydrogens is 359 g/mol. The number of thiazole rings is 1. The monoisotopic (exact) mass is 376 g/mol. The fourth-order valence-corrected chi connectivity index (χ4v) is 3.84. The zero-order chi connectivity index (χ0) is 17.6. The molecule has 25 heavy (non-hydrogen) atoms. The molecule has 3 aromatic rings. The number of aryl methyl sites for hydroxylation is 1. The Labute approximate surface area is 153 Å². The van der Waals surface area contributed by atoms with Crippen LogP contribution in [0.3, 0.4) is 0 Å². The minimum Gasteiger partial charge on any atom is -0.296 e. The number of anilines is 1. The molecule has 1 N–H and O–H groups in total. The maximum Gasteiger partial charge on any atom is 0.269 e. The summed E-state index contributed by atoms with van der Waals surface area (Å²) < 4.78 is 13.8. The van der Waals surface area contributed by atoms with E-state index in [-0.39, 0.29) is 11.7 Å². The van der Waals surface area contributed by atoms with Crippen LogP contribution in [-0.2, 0) is 6.42 Å². The molecule has 5 nitrogen and oxygen atoms in total. The molecule has 0 fully saturated rings. The Morgan fingerprint density at radius 3 is 2.84 bits per heavy atom. The lowest BCUT2D eigenvalue weighted by molar-refractivity contribution is 0.103. The van der Waals surface area contributed by atoms with Gasteiger partial charge in [-0.2, -0.15) is 0 Å². The highest BCUT2D eigenvalue weighted by molar-refractivity contribution is 7.17. The lowest BCUT2D eigenvalue weighted by Gasteiger charge is -1.98. The van der Waals surface area contributed by atoms with E-state index in [0.29, 0.717) is 20.6 Å². The molecule has 0 radical (unpaired) electrons. The van der Waals surface area contributed by atoms with Crippen molar-refractivity contribution in [1.29, 1.82) is 0 Å². The average molecular weight is 376 g/mol. The Kier molecular flexibility index (Phi) is 5.83. The Hall–Kier alpha value is -2.19. The van der Waals surface area contributed by atoms with Crippen molar-refractivity contribution in [3.63, 3.8) is 0 Å². The van der Waals surface area contributed by atoms with Gasteiger partial charge in [-0.05, 0) is 18.6 Å². The van der Waals surface area contributed by atoms with Crippen molar-refractivity contribution in [2.45, 2.75) is 32.6 Å². The molecule has 0 saturated carbocycles. The van der Waals surface area contributed by atoms with Crippen molar-refractivity contribution in [3.8, 4) is 10.6 Å². The van der Waals surface area contributed by atoms with Gasteiger partial charge in [-0.1, -0.05) is 43.2 Å². The number of hydrogen-bond acceptors (Lipinski definition) is 6. The minimum absolute atomic E-state index is 0.309. The topological polar surface area (TPSA) is 67.8 Å². The molecule has 130 valence electrons. The van der Waals surface area contributed by atoms with Crippen LogP contribution in [0.4, 0.5) is 9.52 Å². The molecule has 0 atom stereocenters. The first-order valence-electron chi connectivity index (χ1n) is 8.02. The Balaban J connectivity index is 1.65. The van der Waals surface area contributed by atoms with Gasteiger partial charge in [0.1, 0.15) is 20.7 Å². The molecule has 0 spiro atoms. The smallest absolute Gasteiger partial charge is 0.269 e. The first-order chi connectivity index (χ1) is 12.2. The molecule has 0 aliphatic rings. The highest BCUT2D eigenvalue weighted by Crippen LogP contribution is 2.28. The number of carbonyl (C=O) groups is 1. The Morgan fingerprint density at radius 2 is 2.04 bits per heavy atom. The molecule has 1 aromatic carbocycles. The van der Waals surface area contributed by atoms with Gasteiger partial charge in [0.15, 0.2) is 0 Å².